The van der Waals surface area contributed by atoms with Gasteiger partial charge in [-0.15, -0.1) is 0 Å². The first-order chi connectivity index (χ1) is 9.05. The van der Waals surface area contributed by atoms with E-state index in [4.69, 9.17) is 5.73 Å². The molecule has 2 aliphatic rings. The highest BCUT2D eigenvalue weighted by atomic mass is 16.2. The molecule has 1 saturated heterocycles. The van der Waals surface area contributed by atoms with Crippen molar-refractivity contribution in [1.82, 2.24) is 15.1 Å². The molecule has 1 saturated carbocycles. The van der Waals surface area contributed by atoms with Gasteiger partial charge in [0.05, 0.1) is 12.1 Å². The third-order valence-electron chi connectivity index (χ3n) is 4.23. The predicted octanol–water partition coefficient (Wildman–Crippen LogP) is -0.852. The molecular formula is C13H24N4O2. The minimum absolute atomic E-state index is 0.0193. The molecule has 3 N–H and O–H groups in total. The fourth-order valence-electron chi connectivity index (χ4n) is 2.93. The van der Waals surface area contributed by atoms with Crippen LogP contribution in [-0.2, 0) is 9.59 Å². The summed E-state index contributed by atoms with van der Waals surface area (Å²) >= 11 is 0. The summed E-state index contributed by atoms with van der Waals surface area (Å²) in [5.41, 5.74) is 5.58. The Morgan fingerprint density at radius 2 is 1.74 bits per heavy atom. The summed E-state index contributed by atoms with van der Waals surface area (Å²) < 4.78 is 0. The van der Waals surface area contributed by atoms with Gasteiger partial charge in [0.1, 0.15) is 0 Å². The lowest BCUT2D eigenvalue weighted by atomic mass is 9.97. The summed E-state index contributed by atoms with van der Waals surface area (Å²) in [6.45, 7) is 3.25. The van der Waals surface area contributed by atoms with E-state index in [1.54, 1.807) is 7.05 Å². The Kier molecular flexibility index (Phi) is 4.42. The third-order valence-corrected chi connectivity index (χ3v) is 4.23. The number of amides is 2. The van der Waals surface area contributed by atoms with Crippen LogP contribution in [0, 0.1) is 0 Å². The van der Waals surface area contributed by atoms with Crippen LogP contribution in [0.2, 0.25) is 0 Å². The third kappa shape index (κ3) is 3.25. The minimum atomic E-state index is -0.622. The van der Waals surface area contributed by atoms with Gasteiger partial charge in [-0.3, -0.25) is 14.5 Å². The Morgan fingerprint density at radius 3 is 2.26 bits per heavy atom. The van der Waals surface area contributed by atoms with Crippen LogP contribution in [0.5, 0.6) is 0 Å². The second-order valence-corrected chi connectivity index (χ2v) is 5.60. The molecule has 19 heavy (non-hydrogen) atoms. The van der Waals surface area contributed by atoms with Crippen LogP contribution in [0.3, 0.4) is 0 Å². The SMILES string of the molecule is CNC(=O)CN1CCN(C(=O)C2(N)CCCC2)CC1. The van der Waals surface area contributed by atoms with Gasteiger partial charge in [-0.25, -0.2) is 0 Å². The second kappa shape index (κ2) is 5.88. The van der Waals surface area contributed by atoms with Gasteiger partial charge in [0, 0.05) is 33.2 Å². The highest BCUT2D eigenvalue weighted by Gasteiger charge is 2.40. The van der Waals surface area contributed by atoms with Crippen LogP contribution in [0.1, 0.15) is 25.7 Å². The monoisotopic (exact) mass is 268 g/mol. The number of carbonyl (C=O) groups is 2. The zero-order chi connectivity index (χ0) is 13.9. The number of nitrogens with two attached hydrogens (primary N) is 1. The van der Waals surface area contributed by atoms with E-state index in [-0.39, 0.29) is 11.8 Å². The lowest BCUT2D eigenvalue weighted by Crippen LogP contribution is -2.59. The van der Waals surface area contributed by atoms with E-state index in [0.717, 1.165) is 38.8 Å². The number of nitrogens with one attached hydrogen (secondary N) is 1. The van der Waals surface area contributed by atoms with Crippen molar-refractivity contribution in [3.05, 3.63) is 0 Å². The van der Waals surface area contributed by atoms with E-state index >= 15 is 0 Å². The van der Waals surface area contributed by atoms with Crippen LogP contribution < -0.4 is 11.1 Å². The molecule has 0 aromatic rings. The first kappa shape index (κ1) is 14.3. The van der Waals surface area contributed by atoms with Gasteiger partial charge in [-0.2, -0.15) is 0 Å². The fraction of sp³-hybridized carbons (Fsp3) is 0.846. The molecule has 1 aliphatic heterocycles. The van der Waals surface area contributed by atoms with E-state index in [1.165, 1.54) is 0 Å². The molecule has 1 aliphatic carbocycles. The van der Waals surface area contributed by atoms with E-state index in [1.807, 2.05) is 4.90 Å². The number of nitrogens with zero attached hydrogens (tertiary/aromatic N) is 2. The Labute approximate surface area is 114 Å². The summed E-state index contributed by atoms with van der Waals surface area (Å²) in [7, 11) is 1.64. The van der Waals surface area contributed by atoms with Crippen LogP contribution in [-0.4, -0.2) is 66.9 Å². The van der Waals surface area contributed by atoms with Crippen molar-refractivity contribution in [3.8, 4) is 0 Å². The lowest BCUT2D eigenvalue weighted by molar-refractivity contribution is -0.138. The topological polar surface area (TPSA) is 78.7 Å². The van der Waals surface area contributed by atoms with E-state index < -0.39 is 5.54 Å². The van der Waals surface area contributed by atoms with Crippen molar-refractivity contribution >= 4 is 11.8 Å². The molecular weight excluding hydrogens is 244 g/mol. The van der Waals surface area contributed by atoms with Gasteiger partial charge in [0.15, 0.2) is 0 Å². The van der Waals surface area contributed by atoms with Gasteiger partial charge in [-0.1, -0.05) is 12.8 Å². The van der Waals surface area contributed by atoms with Crippen molar-refractivity contribution in [1.29, 1.82) is 0 Å². The van der Waals surface area contributed by atoms with E-state index in [0.29, 0.717) is 19.6 Å². The molecule has 108 valence electrons. The molecule has 6 heteroatoms. The molecule has 0 aromatic heterocycles. The first-order valence-electron chi connectivity index (χ1n) is 7.06. The molecule has 0 unspecified atom stereocenters. The van der Waals surface area contributed by atoms with Crippen molar-refractivity contribution in [2.75, 3.05) is 39.8 Å². The molecule has 0 aromatic carbocycles. The van der Waals surface area contributed by atoms with Crippen molar-refractivity contribution in [2.45, 2.75) is 31.2 Å². The molecule has 0 radical (unpaired) electrons. The van der Waals surface area contributed by atoms with Gasteiger partial charge in [0.25, 0.3) is 0 Å². The molecule has 1 heterocycles. The molecule has 0 spiro atoms. The Hall–Kier alpha value is -1.14. The molecule has 2 amide bonds. The zero-order valence-electron chi connectivity index (χ0n) is 11.7. The highest BCUT2D eigenvalue weighted by Crippen LogP contribution is 2.29. The quantitative estimate of drug-likeness (QED) is 0.699. The van der Waals surface area contributed by atoms with Crippen LogP contribution >= 0.6 is 0 Å². The summed E-state index contributed by atoms with van der Waals surface area (Å²) in [5.74, 6) is 0.121. The van der Waals surface area contributed by atoms with Crippen molar-refractivity contribution in [2.24, 2.45) is 5.73 Å². The molecule has 6 nitrogen and oxygen atoms in total. The van der Waals surface area contributed by atoms with Gasteiger partial charge < -0.3 is 16.0 Å². The number of hydrogen-bond acceptors (Lipinski definition) is 4. The average molecular weight is 268 g/mol. The maximum absolute atomic E-state index is 12.4. The molecule has 0 bridgehead atoms. The van der Waals surface area contributed by atoms with E-state index in [2.05, 4.69) is 10.2 Å². The number of carbonyl (C=O) groups excluding carboxylic acids is 2. The zero-order valence-corrected chi connectivity index (χ0v) is 11.7. The van der Waals surface area contributed by atoms with Crippen LogP contribution in [0.15, 0.2) is 0 Å². The van der Waals surface area contributed by atoms with Gasteiger partial charge >= 0.3 is 0 Å². The van der Waals surface area contributed by atoms with E-state index in [9.17, 15) is 9.59 Å². The average Bonchev–Trinajstić information content (AvgIpc) is 2.87. The standard InChI is InChI=1S/C13H24N4O2/c1-15-11(18)10-16-6-8-17(9-7-16)12(19)13(14)4-2-3-5-13/h2-10,14H2,1H3,(H,15,18). The minimum Gasteiger partial charge on any atom is -0.358 e. The molecule has 0 atom stereocenters. The largest absolute Gasteiger partial charge is 0.358 e. The summed E-state index contributed by atoms with van der Waals surface area (Å²) in [5, 5.41) is 2.62. The van der Waals surface area contributed by atoms with Crippen LogP contribution in [0.4, 0.5) is 0 Å². The van der Waals surface area contributed by atoms with Crippen molar-refractivity contribution < 1.29 is 9.59 Å². The number of likely N-dealkylation sites (N-methyl/N-ethyl adjacent to an activating group) is 1. The maximum Gasteiger partial charge on any atom is 0.242 e. The Morgan fingerprint density at radius 1 is 1.16 bits per heavy atom. The number of rotatable bonds is 3. The van der Waals surface area contributed by atoms with Crippen LogP contribution in [0.25, 0.3) is 0 Å². The number of hydrogen-bond donors (Lipinski definition) is 2. The Balaban J connectivity index is 1.82. The van der Waals surface area contributed by atoms with Crippen molar-refractivity contribution in [3.63, 3.8) is 0 Å². The molecule has 2 rings (SSSR count). The normalized spacial score (nSPS) is 23.4. The predicted molar refractivity (Wildman–Crippen MR) is 72.5 cm³/mol. The Bertz CT molecular complexity index is 345. The van der Waals surface area contributed by atoms with Gasteiger partial charge in [0.2, 0.25) is 11.8 Å². The maximum atomic E-state index is 12.4. The second-order valence-electron chi connectivity index (χ2n) is 5.60. The number of piperazine rings is 1. The highest BCUT2D eigenvalue weighted by molar-refractivity contribution is 5.86. The molecule has 2 fully saturated rings. The first-order valence-corrected chi connectivity index (χ1v) is 7.06. The smallest absolute Gasteiger partial charge is 0.242 e. The summed E-state index contributed by atoms with van der Waals surface area (Å²) in [6, 6.07) is 0. The van der Waals surface area contributed by atoms with Gasteiger partial charge in [-0.05, 0) is 12.8 Å². The fourth-order valence-corrected chi connectivity index (χ4v) is 2.93. The lowest BCUT2D eigenvalue weighted by Gasteiger charge is -2.38. The summed E-state index contributed by atoms with van der Waals surface area (Å²) in [6.07, 6.45) is 3.73. The summed E-state index contributed by atoms with van der Waals surface area (Å²) in [4.78, 5) is 27.6.